The predicted octanol–water partition coefficient (Wildman–Crippen LogP) is 6.73. The van der Waals surface area contributed by atoms with Crippen LogP contribution in [0.3, 0.4) is 0 Å². The summed E-state index contributed by atoms with van der Waals surface area (Å²) in [7, 11) is 0. The number of benzene rings is 1. The zero-order chi connectivity index (χ0) is 17.6. The van der Waals surface area contributed by atoms with E-state index in [-0.39, 0.29) is 5.92 Å². The van der Waals surface area contributed by atoms with Gasteiger partial charge in [-0.3, -0.25) is 4.79 Å². The van der Waals surface area contributed by atoms with Crippen LogP contribution in [0.25, 0.3) is 0 Å². The minimum atomic E-state index is -0.665. The normalized spacial score (nSPS) is 12.2. The first-order valence-corrected chi connectivity index (χ1v) is 10.0. The van der Waals surface area contributed by atoms with Crippen LogP contribution in [0.5, 0.6) is 0 Å². The summed E-state index contributed by atoms with van der Waals surface area (Å²) in [4.78, 5) is 11.8. The van der Waals surface area contributed by atoms with E-state index in [1.807, 2.05) is 18.2 Å². The average Bonchev–Trinajstić information content (AvgIpc) is 2.58. The standard InChI is InChI=1S/C22H36O2/c1-3-5-7-9-10-11-15-19-16-13-14-17-20(19)21(22(23)24)18-12-8-6-4-2/h13-14,16-17,21H,3-12,15,18H2,1-2H3,(H,23,24). The molecule has 1 unspecified atom stereocenters. The van der Waals surface area contributed by atoms with E-state index in [9.17, 15) is 9.90 Å². The number of hydrogen-bond donors (Lipinski definition) is 1. The third kappa shape index (κ3) is 7.99. The number of rotatable bonds is 14. The second-order valence-electron chi connectivity index (χ2n) is 6.96. The molecule has 1 aromatic rings. The number of aliphatic carboxylic acids is 1. The fourth-order valence-corrected chi connectivity index (χ4v) is 3.38. The minimum absolute atomic E-state index is 0.335. The Balaban J connectivity index is 2.58. The van der Waals surface area contributed by atoms with Crippen LogP contribution in [0, 0.1) is 0 Å². The van der Waals surface area contributed by atoms with E-state index in [1.54, 1.807) is 0 Å². The van der Waals surface area contributed by atoms with Gasteiger partial charge in [0.15, 0.2) is 0 Å². The molecule has 1 atom stereocenters. The van der Waals surface area contributed by atoms with E-state index in [4.69, 9.17) is 0 Å². The van der Waals surface area contributed by atoms with E-state index in [1.165, 1.54) is 56.9 Å². The predicted molar refractivity (Wildman–Crippen MR) is 103 cm³/mol. The van der Waals surface area contributed by atoms with Crippen LogP contribution in [0.15, 0.2) is 24.3 Å². The lowest BCUT2D eigenvalue weighted by atomic mass is 9.88. The van der Waals surface area contributed by atoms with Crippen molar-refractivity contribution < 1.29 is 9.90 Å². The van der Waals surface area contributed by atoms with Crippen molar-refractivity contribution in [2.75, 3.05) is 0 Å². The average molecular weight is 333 g/mol. The van der Waals surface area contributed by atoms with Gasteiger partial charge in [-0.05, 0) is 30.4 Å². The number of carboxylic acids is 1. The molecule has 0 saturated carbocycles. The van der Waals surface area contributed by atoms with Crippen LogP contribution in [-0.2, 0) is 11.2 Å². The van der Waals surface area contributed by atoms with Gasteiger partial charge in [0.1, 0.15) is 0 Å². The quantitative estimate of drug-likeness (QED) is 0.383. The molecule has 1 N–H and O–H groups in total. The Morgan fingerprint density at radius 2 is 1.46 bits per heavy atom. The molecule has 0 bridgehead atoms. The van der Waals surface area contributed by atoms with E-state index in [0.717, 1.165) is 31.2 Å². The molecule has 0 aliphatic heterocycles. The van der Waals surface area contributed by atoms with E-state index in [2.05, 4.69) is 19.9 Å². The first-order chi connectivity index (χ1) is 11.7. The smallest absolute Gasteiger partial charge is 0.310 e. The molecule has 0 amide bonds. The van der Waals surface area contributed by atoms with Crippen molar-refractivity contribution in [3.05, 3.63) is 35.4 Å². The summed E-state index contributed by atoms with van der Waals surface area (Å²) in [5, 5.41) is 9.68. The first-order valence-electron chi connectivity index (χ1n) is 10.0. The molecule has 136 valence electrons. The van der Waals surface area contributed by atoms with E-state index >= 15 is 0 Å². The Morgan fingerprint density at radius 1 is 0.875 bits per heavy atom. The van der Waals surface area contributed by atoms with Crippen molar-refractivity contribution >= 4 is 5.97 Å². The third-order valence-electron chi connectivity index (χ3n) is 4.87. The lowest BCUT2D eigenvalue weighted by Gasteiger charge is -2.17. The molecule has 24 heavy (non-hydrogen) atoms. The van der Waals surface area contributed by atoms with Crippen molar-refractivity contribution in [1.29, 1.82) is 0 Å². The number of hydrogen-bond acceptors (Lipinski definition) is 1. The molecule has 0 radical (unpaired) electrons. The second-order valence-corrected chi connectivity index (χ2v) is 6.96. The number of carboxylic acid groups (broad SMARTS) is 1. The summed E-state index contributed by atoms with van der Waals surface area (Å²) in [5.41, 5.74) is 2.30. The van der Waals surface area contributed by atoms with Gasteiger partial charge in [0, 0.05) is 0 Å². The Hall–Kier alpha value is -1.31. The molecule has 1 rings (SSSR count). The highest BCUT2D eigenvalue weighted by Gasteiger charge is 2.21. The Bertz CT molecular complexity index is 453. The molecule has 1 aromatic carbocycles. The maximum absolute atomic E-state index is 11.8. The van der Waals surface area contributed by atoms with Gasteiger partial charge in [-0.25, -0.2) is 0 Å². The fourth-order valence-electron chi connectivity index (χ4n) is 3.38. The molecule has 0 aliphatic carbocycles. The van der Waals surface area contributed by atoms with Gasteiger partial charge in [-0.2, -0.15) is 0 Å². The van der Waals surface area contributed by atoms with E-state index < -0.39 is 5.97 Å². The van der Waals surface area contributed by atoms with Crippen LogP contribution in [0.2, 0.25) is 0 Å². The maximum Gasteiger partial charge on any atom is 0.310 e. The Labute approximate surface area is 148 Å². The van der Waals surface area contributed by atoms with Gasteiger partial charge in [0.05, 0.1) is 5.92 Å². The van der Waals surface area contributed by atoms with E-state index in [0.29, 0.717) is 0 Å². The van der Waals surface area contributed by atoms with Crippen molar-refractivity contribution in [3.63, 3.8) is 0 Å². The number of carbonyl (C=O) groups is 1. The number of aryl methyl sites for hydroxylation is 1. The highest BCUT2D eigenvalue weighted by Crippen LogP contribution is 2.27. The van der Waals surface area contributed by atoms with Crippen LogP contribution < -0.4 is 0 Å². The third-order valence-corrected chi connectivity index (χ3v) is 4.87. The SMILES string of the molecule is CCCCCCCCc1ccccc1C(CCCCCC)C(=O)O. The van der Waals surface area contributed by atoms with Gasteiger partial charge in [-0.1, -0.05) is 95.9 Å². The molecule has 2 heteroatoms. The fraction of sp³-hybridized carbons (Fsp3) is 0.682. The highest BCUT2D eigenvalue weighted by atomic mass is 16.4. The van der Waals surface area contributed by atoms with Crippen molar-refractivity contribution in [1.82, 2.24) is 0 Å². The summed E-state index contributed by atoms with van der Waals surface area (Å²) >= 11 is 0. The van der Waals surface area contributed by atoms with Gasteiger partial charge in [-0.15, -0.1) is 0 Å². The van der Waals surface area contributed by atoms with Crippen molar-refractivity contribution in [2.24, 2.45) is 0 Å². The van der Waals surface area contributed by atoms with Crippen molar-refractivity contribution in [2.45, 2.75) is 96.8 Å². The zero-order valence-corrected chi connectivity index (χ0v) is 15.7. The Morgan fingerprint density at radius 3 is 2.12 bits per heavy atom. The summed E-state index contributed by atoms with van der Waals surface area (Å²) in [5.74, 6) is -1.000. The molecular formula is C22H36O2. The molecular weight excluding hydrogens is 296 g/mol. The lowest BCUT2D eigenvalue weighted by Crippen LogP contribution is -2.14. The molecule has 0 spiro atoms. The molecule has 0 saturated heterocycles. The monoisotopic (exact) mass is 332 g/mol. The molecule has 2 nitrogen and oxygen atoms in total. The zero-order valence-electron chi connectivity index (χ0n) is 15.7. The van der Waals surface area contributed by atoms with Gasteiger partial charge in [0.25, 0.3) is 0 Å². The maximum atomic E-state index is 11.8. The summed E-state index contributed by atoms with van der Waals surface area (Å²) in [6.07, 6.45) is 14.0. The number of unbranched alkanes of at least 4 members (excludes halogenated alkanes) is 8. The first kappa shape index (κ1) is 20.7. The van der Waals surface area contributed by atoms with Gasteiger partial charge >= 0.3 is 5.97 Å². The minimum Gasteiger partial charge on any atom is -0.481 e. The Kier molecular flexibility index (Phi) is 11.3. The van der Waals surface area contributed by atoms with Gasteiger partial charge in [0.2, 0.25) is 0 Å². The summed E-state index contributed by atoms with van der Waals surface area (Å²) in [6, 6.07) is 8.20. The summed E-state index contributed by atoms with van der Waals surface area (Å²) < 4.78 is 0. The largest absolute Gasteiger partial charge is 0.481 e. The topological polar surface area (TPSA) is 37.3 Å². The molecule has 0 aromatic heterocycles. The van der Waals surface area contributed by atoms with Crippen LogP contribution in [0.4, 0.5) is 0 Å². The molecule has 0 heterocycles. The van der Waals surface area contributed by atoms with Gasteiger partial charge < -0.3 is 5.11 Å². The van der Waals surface area contributed by atoms with Crippen LogP contribution >= 0.6 is 0 Å². The van der Waals surface area contributed by atoms with Crippen LogP contribution in [0.1, 0.15) is 102 Å². The van der Waals surface area contributed by atoms with Crippen LogP contribution in [-0.4, -0.2) is 11.1 Å². The highest BCUT2D eigenvalue weighted by molar-refractivity contribution is 5.76. The molecule has 0 aliphatic rings. The van der Waals surface area contributed by atoms with Crippen molar-refractivity contribution in [3.8, 4) is 0 Å². The lowest BCUT2D eigenvalue weighted by molar-refractivity contribution is -0.139. The second kappa shape index (κ2) is 13.0. The summed E-state index contributed by atoms with van der Waals surface area (Å²) in [6.45, 7) is 4.42. The molecule has 0 fully saturated rings.